The molecule has 0 radical (unpaired) electrons. The molecule has 3 N–H and O–H groups in total. The third kappa shape index (κ3) is 6.47. The van der Waals surface area contributed by atoms with E-state index in [0.717, 1.165) is 17.5 Å². The van der Waals surface area contributed by atoms with Crippen LogP contribution in [0.3, 0.4) is 0 Å². The van der Waals surface area contributed by atoms with Gasteiger partial charge in [0, 0.05) is 13.1 Å². The van der Waals surface area contributed by atoms with E-state index in [0.29, 0.717) is 25.3 Å². The number of hydrogen-bond acceptors (Lipinski definition) is 5. The summed E-state index contributed by atoms with van der Waals surface area (Å²) in [6.45, 7) is 10.7. The number of amides is 1. The average molecular weight is 431 g/mol. The van der Waals surface area contributed by atoms with Gasteiger partial charge in [-0.05, 0) is 49.4 Å². The standard InChI is InChI=1S/C23H34N4O4/c1-6-7-9-26(19(28)8-10-31-18-12-16(4)11-17(5)13-18)20-21(24)27(14-15(2)3)23(30)25-22(20)29/h11-13,15H,6-10,14,24H2,1-5H3,(H,25,29,30). The molecule has 0 fully saturated rings. The summed E-state index contributed by atoms with van der Waals surface area (Å²) in [5, 5.41) is 0. The lowest BCUT2D eigenvalue weighted by atomic mass is 10.1. The molecule has 8 nitrogen and oxygen atoms in total. The monoisotopic (exact) mass is 430 g/mol. The van der Waals surface area contributed by atoms with Crippen molar-refractivity contribution < 1.29 is 9.53 Å². The molecule has 0 aliphatic rings. The second kappa shape index (κ2) is 10.8. The van der Waals surface area contributed by atoms with Crippen molar-refractivity contribution in [2.75, 3.05) is 23.8 Å². The van der Waals surface area contributed by atoms with Crippen LogP contribution < -0.4 is 26.6 Å². The van der Waals surface area contributed by atoms with Crippen molar-refractivity contribution in [2.24, 2.45) is 5.92 Å². The Hall–Kier alpha value is -3.03. The number of carbonyl (C=O) groups is 1. The number of nitrogens with two attached hydrogens (primary N) is 1. The largest absolute Gasteiger partial charge is 0.493 e. The number of aromatic amines is 1. The van der Waals surface area contributed by atoms with Crippen molar-refractivity contribution in [3.05, 3.63) is 50.2 Å². The number of carbonyl (C=O) groups excluding carboxylic acids is 1. The minimum atomic E-state index is -0.651. The first-order chi connectivity index (χ1) is 14.6. The molecule has 31 heavy (non-hydrogen) atoms. The third-order valence-corrected chi connectivity index (χ3v) is 4.85. The molecule has 0 atom stereocenters. The van der Waals surface area contributed by atoms with Gasteiger partial charge in [0.25, 0.3) is 5.56 Å². The van der Waals surface area contributed by atoms with Gasteiger partial charge in [0.1, 0.15) is 11.6 Å². The molecular formula is C23H34N4O4. The van der Waals surface area contributed by atoms with Crippen molar-refractivity contribution in [3.63, 3.8) is 0 Å². The number of aryl methyl sites for hydroxylation is 2. The predicted molar refractivity (Wildman–Crippen MR) is 124 cm³/mol. The Morgan fingerprint density at radius 1 is 1.19 bits per heavy atom. The number of H-pyrrole nitrogens is 1. The van der Waals surface area contributed by atoms with Crippen LogP contribution >= 0.6 is 0 Å². The molecule has 2 aromatic rings. The highest BCUT2D eigenvalue weighted by Crippen LogP contribution is 2.20. The van der Waals surface area contributed by atoms with Gasteiger partial charge in [-0.3, -0.25) is 19.1 Å². The van der Waals surface area contributed by atoms with Crippen molar-refractivity contribution in [2.45, 2.75) is 60.4 Å². The van der Waals surface area contributed by atoms with E-state index in [1.54, 1.807) is 0 Å². The number of unbranched alkanes of at least 4 members (excludes halogenated alkanes) is 1. The summed E-state index contributed by atoms with van der Waals surface area (Å²) in [5.74, 6) is 0.588. The van der Waals surface area contributed by atoms with E-state index < -0.39 is 11.2 Å². The lowest BCUT2D eigenvalue weighted by Gasteiger charge is -2.25. The summed E-state index contributed by atoms with van der Waals surface area (Å²) in [5.41, 5.74) is 7.19. The van der Waals surface area contributed by atoms with Gasteiger partial charge in [-0.2, -0.15) is 0 Å². The number of benzene rings is 1. The van der Waals surface area contributed by atoms with Gasteiger partial charge in [-0.25, -0.2) is 4.79 Å². The Bertz CT molecular complexity index is 1000. The Kier molecular flexibility index (Phi) is 8.47. The van der Waals surface area contributed by atoms with E-state index in [-0.39, 0.29) is 36.4 Å². The molecule has 1 amide bonds. The van der Waals surface area contributed by atoms with Gasteiger partial charge in [-0.1, -0.05) is 33.3 Å². The second-order valence-corrected chi connectivity index (χ2v) is 8.32. The van der Waals surface area contributed by atoms with Crippen LogP contribution in [0.15, 0.2) is 27.8 Å². The lowest BCUT2D eigenvalue weighted by molar-refractivity contribution is -0.119. The molecule has 0 saturated carbocycles. The summed E-state index contributed by atoms with van der Waals surface area (Å²) >= 11 is 0. The fraction of sp³-hybridized carbons (Fsp3) is 0.522. The minimum Gasteiger partial charge on any atom is -0.493 e. The molecule has 0 unspecified atom stereocenters. The molecular weight excluding hydrogens is 396 g/mol. The quantitative estimate of drug-likeness (QED) is 0.602. The number of anilines is 2. The third-order valence-electron chi connectivity index (χ3n) is 4.85. The zero-order chi connectivity index (χ0) is 23.1. The smallest absolute Gasteiger partial charge is 0.330 e. The lowest BCUT2D eigenvalue weighted by Crippen LogP contribution is -2.42. The SMILES string of the molecule is CCCCN(C(=O)CCOc1cc(C)cc(C)c1)c1c(N)n(CC(C)C)c(=O)[nH]c1=O. The highest BCUT2D eigenvalue weighted by atomic mass is 16.5. The molecule has 0 bridgehead atoms. The van der Waals surface area contributed by atoms with Crippen LogP contribution in [-0.2, 0) is 11.3 Å². The molecule has 0 spiro atoms. The van der Waals surface area contributed by atoms with Gasteiger partial charge >= 0.3 is 5.69 Å². The van der Waals surface area contributed by atoms with Crippen LogP contribution in [-0.4, -0.2) is 28.6 Å². The summed E-state index contributed by atoms with van der Waals surface area (Å²) in [7, 11) is 0. The average Bonchev–Trinajstić information content (AvgIpc) is 2.66. The Balaban J connectivity index is 2.27. The van der Waals surface area contributed by atoms with Crippen LogP contribution in [0.2, 0.25) is 0 Å². The number of rotatable bonds is 10. The van der Waals surface area contributed by atoms with E-state index in [1.807, 2.05) is 52.8 Å². The van der Waals surface area contributed by atoms with Crippen LogP contribution in [0.4, 0.5) is 11.5 Å². The van der Waals surface area contributed by atoms with E-state index >= 15 is 0 Å². The zero-order valence-electron chi connectivity index (χ0n) is 19.2. The highest BCUT2D eigenvalue weighted by molar-refractivity contribution is 5.95. The molecule has 1 aromatic carbocycles. The predicted octanol–water partition coefficient (Wildman–Crippen LogP) is 2.99. The van der Waals surface area contributed by atoms with E-state index in [1.165, 1.54) is 9.47 Å². The first-order valence-electron chi connectivity index (χ1n) is 10.8. The van der Waals surface area contributed by atoms with Gasteiger partial charge in [0.2, 0.25) is 5.91 Å². The molecule has 8 heteroatoms. The van der Waals surface area contributed by atoms with Crippen LogP contribution in [0, 0.1) is 19.8 Å². The van der Waals surface area contributed by atoms with Crippen LogP contribution in [0.25, 0.3) is 0 Å². The zero-order valence-corrected chi connectivity index (χ0v) is 19.2. The van der Waals surface area contributed by atoms with Crippen molar-refractivity contribution >= 4 is 17.4 Å². The van der Waals surface area contributed by atoms with E-state index in [9.17, 15) is 14.4 Å². The number of nitrogens with zero attached hydrogens (tertiary/aromatic N) is 2. The summed E-state index contributed by atoms with van der Waals surface area (Å²) in [6, 6.07) is 5.87. The summed E-state index contributed by atoms with van der Waals surface area (Å²) in [6.07, 6.45) is 1.62. The maximum absolute atomic E-state index is 13.0. The second-order valence-electron chi connectivity index (χ2n) is 8.32. The molecule has 170 valence electrons. The van der Waals surface area contributed by atoms with Crippen LogP contribution in [0.5, 0.6) is 5.75 Å². The summed E-state index contributed by atoms with van der Waals surface area (Å²) in [4.78, 5) is 41.6. The molecule has 2 rings (SSSR count). The molecule has 0 aliphatic carbocycles. The normalized spacial score (nSPS) is 11.0. The number of nitrogens with one attached hydrogen (secondary N) is 1. The van der Waals surface area contributed by atoms with E-state index in [4.69, 9.17) is 10.5 Å². The molecule has 1 heterocycles. The Morgan fingerprint density at radius 2 is 1.84 bits per heavy atom. The molecule has 0 saturated heterocycles. The van der Waals surface area contributed by atoms with Crippen LogP contribution in [0.1, 0.15) is 51.2 Å². The maximum atomic E-state index is 13.0. The van der Waals surface area contributed by atoms with Gasteiger partial charge in [-0.15, -0.1) is 0 Å². The van der Waals surface area contributed by atoms with Gasteiger partial charge in [0.05, 0.1) is 13.0 Å². The fourth-order valence-electron chi connectivity index (χ4n) is 3.47. The number of hydrogen-bond donors (Lipinski definition) is 2. The topological polar surface area (TPSA) is 110 Å². The van der Waals surface area contributed by atoms with Gasteiger partial charge in [0.15, 0.2) is 5.69 Å². The first kappa shape index (κ1) is 24.2. The Morgan fingerprint density at radius 3 is 2.42 bits per heavy atom. The molecule has 1 aromatic heterocycles. The fourth-order valence-corrected chi connectivity index (χ4v) is 3.47. The maximum Gasteiger partial charge on any atom is 0.330 e. The number of aromatic nitrogens is 2. The van der Waals surface area contributed by atoms with Crippen molar-refractivity contribution in [1.29, 1.82) is 0 Å². The van der Waals surface area contributed by atoms with Crippen molar-refractivity contribution in [3.8, 4) is 5.75 Å². The number of ether oxygens (including phenoxy) is 1. The minimum absolute atomic E-state index is 0.0159. The highest BCUT2D eigenvalue weighted by Gasteiger charge is 2.24. The summed E-state index contributed by atoms with van der Waals surface area (Å²) < 4.78 is 7.08. The molecule has 0 aliphatic heterocycles. The van der Waals surface area contributed by atoms with Crippen molar-refractivity contribution in [1.82, 2.24) is 9.55 Å². The van der Waals surface area contributed by atoms with E-state index in [2.05, 4.69) is 4.98 Å². The Labute approximate surface area is 183 Å². The first-order valence-corrected chi connectivity index (χ1v) is 10.8. The number of nitrogen functional groups attached to an aromatic ring is 1. The van der Waals surface area contributed by atoms with Gasteiger partial charge < -0.3 is 15.4 Å².